The lowest BCUT2D eigenvalue weighted by Crippen LogP contribution is -2.57. The molecule has 0 N–H and O–H groups in total. The number of benzene rings is 2. The monoisotopic (exact) mass is 470 g/mol. The number of hydrogen-bond donors (Lipinski definition) is 0. The van der Waals surface area contributed by atoms with Gasteiger partial charge in [0, 0.05) is 26.2 Å². The second-order valence-electron chi connectivity index (χ2n) is 7.69. The Morgan fingerprint density at radius 3 is 2.17 bits per heavy atom. The highest BCUT2D eigenvalue weighted by atomic mass is 35.5. The third-order valence-corrected chi connectivity index (χ3v) is 8.95. The Hall–Kier alpha value is -1.67. The lowest BCUT2D eigenvalue weighted by atomic mass is 9.63. The van der Waals surface area contributed by atoms with Crippen molar-refractivity contribution < 1.29 is 17.6 Å². The average Bonchev–Trinajstić information content (AvgIpc) is 2.70. The van der Waals surface area contributed by atoms with Crippen molar-refractivity contribution in [2.24, 2.45) is 0 Å². The molecule has 5 nitrogen and oxygen atoms in total. The molecule has 0 unspecified atom stereocenters. The minimum atomic E-state index is -3.81. The number of carbonyl (C=O) groups excluding carboxylic acids is 1. The quantitative estimate of drug-likeness (QED) is 0.675. The molecule has 1 saturated carbocycles. The molecule has 0 bridgehead atoms. The van der Waals surface area contributed by atoms with Gasteiger partial charge in [0.15, 0.2) is 0 Å². The first-order valence-electron chi connectivity index (χ1n) is 9.75. The van der Waals surface area contributed by atoms with Gasteiger partial charge in [-0.05, 0) is 42.7 Å². The van der Waals surface area contributed by atoms with Crippen molar-refractivity contribution in [3.63, 3.8) is 0 Å². The Morgan fingerprint density at radius 2 is 1.60 bits per heavy atom. The average molecular weight is 471 g/mol. The maximum Gasteiger partial charge on any atom is 0.244 e. The number of sulfonamides is 1. The van der Waals surface area contributed by atoms with Crippen molar-refractivity contribution in [2.45, 2.75) is 29.6 Å². The fourth-order valence-electron chi connectivity index (χ4n) is 4.18. The number of hydrogen-bond acceptors (Lipinski definition) is 3. The minimum absolute atomic E-state index is 0.00223. The summed E-state index contributed by atoms with van der Waals surface area (Å²) < 4.78 is 40.7. The van der Waals surface area contributed by atoms with Crippen LogP contribution in [0.4, 0.5) is 4.39 Å². The molecular formula is C21H21Cl2FN2O3S. The van der Waals surface area contributed by atoms with E-state index in [4.69, 9.17) is 23.2 Å². The Morgan fingerprint density at radius 1 is 0.967 bits per heavy atom. The number of rotatable bonds is 4. The molecule has 2 aromatic rings. The molecule has 0 atom stereocenters. The molecule has 2 fully saturated rings. The SMILES string of the molecule is O=C(N1CCN(S(=O)(=O)c2cccc(Cl)c2Cl)CC1)C1(c2ccc(F)cc2)CCC1. The highest BCUT2D eigenvalue weighted by Gasteiger charge is 2.48. The Bertz CT molecular complexity index is 1060. The van der Waals surface area contributed by atoms with Crippen molar-refractivity contribution in [3.05, 3.63) is 63.9 Å². The van der Waals surface area contributed by atoms with Gasteiger partial charge in [0.2, 0.25) is 15.9 Å². The Balaban J connectivity index is 1.49. The van der Waals surface area contributed by atoms with E-state index >= 15 is 0 Å². The lowest BCUT2D eigenvalue weighted by Gasteiger charge is -2.46. The molecule has 0 radical (unpaired) electrons. The van der Waals surface area contributed by atoms with Gasteiger partial charge in [0.05, 0.1) is 15.5 Å². The van der Waals surface area contributed by atoms with Crippen LogP contribution in [0.2, 0.25) is 10.0 Å². The highest BCUT2D eigenvalue weighted by Crippen LogP contribution is 2.45. The highest BCUT2D eigenvalue weighted by molar-refractivity contribution is 7.89. The molecule has 1 aliphatic carbocycles. The molecule has 160 valence electrons. The largest absolute Gasteiger partial charge is 0.339 e. The fraction of sp³-hybridized carbons (Fsp3) is 0.381. The topological polar surface area (TPSA) is 57.7 Å². The Kier molecular flexibility index (Phi) is 5.83. The molecule has 1 saturated heterocycles. The van der Waals surface area contributed by atoms with Gasteiger partial charge in [-0.1, -0.05) is 47.8 Å². The van der Waals surface area contributed by atoms with Crippen LogP contribution < -0.4 is 0 Å². The van der Waals surface area contributed by atoms with Crippen LogP contribution in [0, 0.1) is 5.82 Å². The van der Waals surface area contributed by atoms with Gasteiger partial charge >= 0.3 is 0 Å². The molecule has 0 aromatic heterocycles. The van der Waals surface area contributed by atoms with E-state index < -0.39 is 15.4 Å². The lowest BCUT2D eigenvalue weighted by molar-refractivity contribution is -0.142. The molecule has 4 rings (SSSR count). The van der Waals surface area contributed by atoms with Crippen molar-refractivity contribution in [1.29, 1.82) is 0 Å². The molecule has 2 aliphatic rings. The van der Waals surface area contributed by atoms with Gasteiger partial charge in [-0.2, -0.15) is 4.31 Å². The molecule has 1 amide bonds. The third-order valence-electron chi connectivity index (χ3n) is 6.07. The number of amides is 1. The van der Waals surface area contributed by atoms with Crippen molar-refractivity contribution in [1.82, 2.24) is 9.21 Å². The molecule has 9 heteroatoms. The summed E-state index contributed by atoms with van der Waals surface area (Å²) in [4.78, 5) is 15.0. The van der Waals surface area contributed by atoms with Crippen LogP contribution in [-0.2, 0) is 20.2 Å². The molecule has 30 heavy (non-hydrogen) atoms. The van der Waals surface area contributed by atoms with Crippen LogP contribution in [0.3, 0.4) is 0 Å². The maximum atomic E-state index is 13.3. The zero-order valence-corrected chi connectivity index (χ0v) is 18.5. The molecule has 1 aliphatic heterocycles. The van der Waals surface area contributed by atoms with Crippen molar-refractivity contribution >= 4 is 39.1 Å². The normalized spacial score (nSPS) is 19.4. The van der Waals surface area contributed by atoms with Crippen LogP contribution in [-0.4, -0.2) is 49.7 Å². The zero-order valence-electron chi connectivity index (χ0n) is 16.2. The number of halogens is 3. The molecule has 2 aromatic carbocycles. The first kappa shape index (κ1) is 21.6. The first-order chi connectivity index (χ1) is 14.3. The van der Waals surface area contributed by atoms with E-state index in [9.17, 15) is 17.6 Å². The summed E-state index contributed by atoms with van der Waals surface area (Å²) in [5.74, 6) is -0.350. The summed E-state index contributed by atoms with van der Waals surface area (Å²) >= 11 is 12.1. The van der Waals surface area contributed by atoms with Crippen LogP contribution in [0.25, 0.3) is 0 Å². The summed E-state index contributed by atoms with van der Waals surface area (Å²) in [5.41, 5.74) is 0.186. The smallest absolute Gasteiger partial charge is 0.244 e. The van der Waals surface area contributed by atoms with E-state index in [1.165, 1.54) is 28.6 Å². The van der Waals surface area contributed by atoms with Crippen molar-refractivity contribution in [3.8, 4) is 0 Å². The van der Waals surface area contributed by atoms with Crippen LogP contribution in [0.5, 0.6) is 0 Å². The van der Waals surface area contributed by atoms with E-state index in [0.29, 0.717) is 25.9 Å². The summed E-state index contributed by atoms with van der Waals surface area (Å²) in [6.45, 7) is 0.936. The fourth-order valence-corrected chi connectivity index (χ4v) is 6.34. The van der Waals surface area contributed by atoms with Crippen LogP contribution in [0.1, 0.15) is 24.8 Å². The predicted octanol–water partition coefficient (Wildman–Crippen LogP) is 4.09. The van der Waals surface area contributed by atoms with Crippen LogP contribution in [0.15, 0.2) is 47.4 Å². The summed E-state index contributed by atoms with van der Waals surface area (Å²) in [5, 5.41) is 0.181. The van der Waals surface area contributed by atoms with E-state index in [-0.39, 0.29) is 39.8 Å². The molecule has 0 spiro atoms. The molecular weight excluding hydrogens is 450 g/mol. The van der Waals surface area contributed by atoms with E-state index in [1.807, 2.05) is 0 Å². The third kappa shape index (κ3) is 3.62. The second-order valence-corrected chi connectivity index (χ2v) is 10.4. The second kappa shape index (κ2) is 8.11. The number of piperazine rings is 1. The first-order valence-corrected chi connectivity index (χ1v) is 11.9. The van der Waals surface area contributed by atoms with E-state index in [0.717, 1.165) is 12.0 Å². The van der Waals surface area contributed by atoms with Gasteiger partial charge in [0.25, 0.3) is 0 Å². The number of carbonyl (C=O) groups is 1. The van der Waals surface area contributed by atoms with Gasteiger partial charge in [-0.25, -0.2) is 12.8 Å². The zero-order chi connectivity index (χ0) is 21.5. The summed E-state index contributed by atoms with van der Waals surface area (Å²) in [6.07, 6.45) is 2.37. The van der Waals surface area contributed by atoms with Gasteiger partial charge < -0.3 is 4.90 Å². The van der Waals surface area contributed by atoms with E-state index in [1.54, 1.807) is 23.1 Å². The number of nitrogens with zero attached hydrogens (tertiary/aromatic N) is 2. The summed E-state index contributed by atoms with van der Waals surface area (Å²) in [7, 11) is -3.81. The molecule has 1 heterocycles. The Labute approximate surface area is 185 Å². The van der Waals surface area contributed by atoms with Crippen molar-refractivity contribution in [2.75, 3.05) is 26.2 Å². The van der Waals surface area contributed by atoms with Gasteiger partial charge in [-0.15, -0.1) is 0 Å². The van der Waals surface area contributed by atoms with Gasteiger partial charge in [0.1, 0.15) is 10.7 Å². The van der Waals surface area contributed by atoms with Crippen LogP contribution >= 0.6 is 23.2 Å². The maximum absolute atomic E-state index is 13.3. The van der Waals surface area contributed by atoms with E-state index in [2.05, 4.69) is 0 Å². The minimum Gasteiger partial charge on any atom is -0.339 e. The standard InChI is InChI=1S/C21H21Cl2FN2O3S/c22-17-3-1-4-18(19(17)23)30(28,29)26-13-11-25(12-14-26)20(27)21(9-2-10-21)15-5-7-16(24)8-6-15/h1,3-8H,2,9-14H2. The van der Waals surface area contributed by atoms with Gasteiger partial charge in [-0.3, -0.25) is 4.79 Å². The predicted molar refractivity (Wildman–Crippen MR) is 114 cm³/mol. The summed E-state index contributed by atoms with van der Waals surface area (Å²) in [6, 6.07) is 10.6.